The van der Waals surface area contributed by atoms with E-state index in [1.54, 1.807) is 36.2 Å². The standard InChI is InChI=1S/C21H21N3O4/c1-13(2)24-20(25)16-7-5-4-6-15(16)19(22-24)21(26)23(3)11-14-8-9-17-18(10-14)28-12-27-17/h4-10,13H,11-12H2,1-3H3. The topological polar surface area (TPSA) is 73.7 Å². The van der Waals surface area contributed by atoms with Crippen LogP contribution in [0.15, 0.2) is 47.3 Å². The minimum Gasteiger partial charge on any atom is -0.454 e. The van der Waals surface area contributed by atoms with Crippen LogP contribution in [0.4, 0.5) is 0 Å². The van der Waals surface area contributed by atoms with E-state index in [2.05, 4.69) is 5.10 Å². The van der Waals surface area contributed by atoms with Crippen molar-refractivity contribution in [2.45, 2.75) is 26.4 Å². The summed E-state index contributed by atoms with van der Waals surface area (Å²) in [7, 11) is 1.72. The highest BCUT2D eigenvalue weighted by atomic mass is 16.7. The molecule has 3 aromatic rings. The summed E-state index contributed by atoms with van der Waals surface area (Å²) in [5.41, 5.74) is 0.995. The average molecular weight is 379 g/mol. The van der Waals surface area contributed by atoms with E-state index < -0.39 is 0 Å². The monoisotopic (exact) mass is 379 g/mol. The summed E-state index contributed by atoms with van der Waals surface area (Å²) in [6.45, 7) is 4.33. The Morgan fingerprint density at radius 3 is 2.61 bits per heavy atom. The fourth-order valence-electron chi connectivity index (χ4n) is 3.28. The summed E-state index contributed by atoms with van der Waals surface area (Å²) in [6.07, 6.45) is 0. The SMILES string of the molecule is CC(C)n1nc(C(=O)N(C)Cc2ccc3c(c2)OCO3)c2ccccc2c1=O. The number of fused-ring (bicyclic) bond motifs is 2. The quantitative estimate of drug-likeness (QED) is 0.697. The van der Waals surface area contributed by atoms with Crippen LogP contribution in [0.5, 0.6) is 11.5 Å². The van der Waals surface area contributed by atoms with Gasteiger partial charge in [0.05, 0.1) is 11.4 Å². The van der Waals surface area contributed by atoms with E-state index in [0.717, 1.165) is 5.56 Å². The molecule has 0 saturated heterocycles. The van der Waals surface area contributed by atoms with Gasteiger partial charge in [-0.2, -0.15) is 5.10 Å². The molecule has 2 aromatic carbocycles. The van der Waals surface area contributed by atoms with E-state index in [1.165, 1.54) is 4.68 Å². The van der Waals surface area contributed by atoms with Gasteiger partial charge in [0.2, 0.25) is 6.79 Å². The highest BCUT2D eigenvalue weighted by molar-refractivity contribution is 6.04. The molecule has 0 saturated carbocycles. The summed E-state index contributed by atoms with van der Waals surface area (Å²) in [4.78, 5) is 27.4. The molecule has 4 rings (SSSR count). The van der Waals surface area contributed by atoms with Gasteiger partial charge in [-0.25, -0.2) is 4.68 Å². The molecular formula is C21H21N3O4. The van der Waals surface area contributed by atoms with Crippen molar-refractivity contribution in [3.8, 4) is 11.5 Å². The molecule has 0 atom stereocenters. The van der Waals surface area contributed by atoms with Crippen LogP contribution in [-0.4, -0.2) is 34.4 Å². The zero-order chi connectivity index (χ0) is 19.8. The second kappa shape index (κ2) is 6.99. The Balaban J connectivity index is 1.70. The fourth-order valence-corrected chi connectivity index (χ4v) is 3.28. The first-order chi connectivity index (χ1) is 13.5. The van der Waals surface area contributed by atoms with Gasteiger partial charge in [0.1, 0.15) is 0 Å². The number of hydrogen-bond donors (Lipinski definition) is 0. The van der Waals surface area contributed by atoms with E-state index >= 15 is 0 Å². The minimum atomic E-state index is -0.247. The zero-order valence-corrected chi connectivity index (χ0v) is 16.0. The largest absolute Gasteiger partial charge is 0.454 e. The summed E-state index contributed by atoms with van der Waals surface area (Å²) < 4.78 is 12.1. The van der Waals surface area contributed by atoms with Crippen molar-refractivity contribution < 1.29 is 14.3 Å². The molecule has 0 unspecified atom stereocenters. The predicted molar refractivity (Wildman–Crippen MR) is 105 cm³/mol. The van der Waals surface area contributed by atoms with Crippen LogP contribution in [0.2, 0.25) is 0 Å². The Labute approximate surface area is 162 Å². The number of ether oxygens (including phenoxy) is 2. The van der Waals surface area contributed by atoms with Crippen molar-refractivity contribution in [3.05, 3.63) is 64.1 Å². The maximum Gasteiger partial charge on any atom is 0.274 e. The first kappa shape index (κ1) is 18.0. The van der Waals surface area contributed by atoms with E-state index in [9.17, 15) is 9.59 Å². The Kier molecular flexibility index (Phi) is 4.50. The van der Waals surface area contributed by atoms with Gasteiger partial charge in [0, 0.05) is 19.0 Å². The van der Waals surface area contributed by atoms with Crippen LogP contribution in [-0.2, 0) is 6.54 Å². The van der Waals surface area contributed by atoms with Gasteiger partial charge in [0.15, 0.2) is 17.2 Å². The average Bonchev–Trinajstić information content (AvgIpc) is 3.15. The van der Waals surface area contributed by atoms with Gasteiger partial charge < -0.3 is 14.4 Å². The zero-order valence-electron chi connectivity index (χ0n) is 16.0. The summed E-state index contributed by atoms with van der Waals surface area (Å²) in [5, 5.41) is 5.44. The highest BCUT2D eigenvalue weighted by Crippen LogP contribution is 2.32. The van der Waals surface area contributed by atoms with Crippen LogP contribution in [0, 0.1) is 0 Å². The number of amides is 1. The molecule has 2 heterocycles. The van der Waals surface area contributed by atoms with Crippen molar-refractivity contribution >= 4 is 16.7 Å². The van der Waals surface area contributed by atoms with Gasteiger partial charge in [-0.05, 0) is 37.6 Å². The molecule has 144 valence electrons. The molecule has 0 aliphatic carbocycles. The Hall–Kier alpha value is -3.35. The third-order valence-electron chi connectivity index (χ3n) is 4.72. The summed E-state index contributed by atoms with van der Waals surface area (Å²) in [6, 6.07) is 12.5. The molecule has 7 heteroatoms. The van der Waals surface area contributed by atoms with Crippen LogP contribution in [0.25, 0.3) is 10.8 Å². The maximum atomic E-state index is 13.2. The van der Waals surface area contributed by atoms with Crippen molar-refractivity contribution in [1.29, 1.82) is 0 Å². The Morgan fingerprint density at radius 1 is 1.14 bits per heavy atom. The fraction of sp³-hybridized carbons (Fsp3) is 0.286. The molecule has 0 radical (unpaired) electrons. The lowest BCUT2D eigenvalue weighted by Crippen LogP contribution is -2.32. The Bertz CT molecular complexity index is 1120. The minimum absolute atomic E-state index is 0.150. The van der Waals surface area contributed by atoms with Crippen LogP contribution >= 0.6 is 0 Å². The summed E-state index contributed by atoms with van der Waals surface area (Å²) in [5.74, 6) is 1.13. The molecule has 7 nitrogen and oxygen atoms in total. The molecule has 28 heavy (non-hydrogen) atoms. The van der Waals surface area contributed by atoms with Crippen molar-refractivity contribution in [3.63, 3.8) is 0 Å². The van der Waals surface area contributed by atoms with Crippen molar-refractivity contribution in [2.75, 3.05) is 13.8 Å². The molecule has 0 fully saturated rings. The van der Waals surface area contributed by atoms with Gasteiger partial charge in [-0.1, -0.05) is 24.3 Å². The predicted octanol–water partition coefficient (Wildman–Crippen LogP) is 2.98. The normalized spacial score (nSPS) is 12.6. The highest BCUT2D eigenvalue weighted by Gasteiger charge is 2.21. The van der Waals surface area contributed by atoms with E-state index in [0.29, 0.717) is 28.8 Å². The first-order valence-electron chi connectivity index (χ1n) is 9.11. The third-order valence-corrected chi connectivity index (χ3v) is 4.72. The van der Waals surface area contributed by atoms with Crippen LogP contribution < -0.4 is 15.0 Å². The molecule has 0 N–H and O–H groups in total. The number of rotatable bonds is 4. The van der Waals surface area contributed by atoms with Gasteiger partial charge in [-0.15, -0.1) is 0 Å². The number of nitrogens with zero attached hydrogens (tertiary/aromatic N) is 3. The maximum absolute atomic E-state index is 13.2. The molecule has 0 bridgehead atoms. The lowest BCUT2D eigenvalue weighted by atomic mass is 10.1. The second-order valence-electron chi connectivity index (χ2n) is 7.09. The number of hydrogen-bond acceptors (Lipinski definition) is 5. The van der Waals surface area contributed by atoms with Gasteiger partial charge in [-0.3, -0.25) is 9.59 Å². The van der Waals surface area contributed by atoms with Crippen molar-refractivity contribution in [2.24, 2.45) is 0 Å². The molecule has 1 amide bonds. The van der Waals surface area contributed by atoms with Crippen LogP contribution in [0.1, 0.15) is 35.9 Å². The molecule has 1 aromatic heterocycles. The number of aromatic nitrogens is 2. The molecular weight excluding hydrogens is 358 g/mol. The summed E-state index contributed by atoms with van der Waals surface area (Å²) >= 11 is 0. The lowest BCUT2D eigenvalue weighted by Gasteiger charge is -2.19. The Morgan fingerprint density at radius 2 is 1.86 bits per heavy atom. The number of carbonyl (C=O) groups is 1. The smallest absolute Gasteiger partial charge is 0.274 e. The lowest BCUT2D eigenvalue weighted by molar-refractivity contribution is 0.0778. The molecule has 0 spiro atoms. The van der Waals surface area contributed by atoms with Gasteiger partial charge in [0.25, 0.3) is 11.5 Å². The first-order valence-corrected chi connectivity index (χ1v) is 9.11. The van der Waals surface area contributed by atoms with Crippen molar-refractivity contribution in [1.82, 2.24) is 14.7 Å². The molecule has 1 aliphatic rings. The third kappa shape index (κ3) is 3.09. The second-order valence-corrected chi connectivity index (χ2v) is 7.09. The number of benzene rings is 2. The van der Waals surface area contributed by atoms with Gasteiger partial charge >= 0.3 is 0 Å². The van der Waals surface area contributed by atoms with E-state index in [1.807, 2.05) is 32.0 Å². The molecule has 1 aliphatic heterocycles. The van der Waals surface area contributed by atoms with E-state index in [-0.39, 0.29) is 30.0 Å². The van der Waals surface area contributed by atoms with Crippen LogP contribution in [0.3, 0.4) is 0 Å². The number of carbonyl (C=O) groups excluding carboxylic acids is 1. The van der Waals surface area contributed by atoms with E-state index in [4.69, 9.17) is 9.47 Å².